The maximum Gasteiger partial charge on any atom is 0.494 e. The lowest BCUT2D eigenvalue weighted by Crippen LogP contribution is -2.63. The van der Waals surface area contributed by atoms with Crippen LogP contribution in [0.1, 0.15) is 65.4 Å². The van der Waals surface area contributed by atoms with Crippen LogP contribution in [0.3, 0.4) is 0 Å². The SMILES string of the molecule is CON=C[C@]1(C)C[C@@H](OC(=O)COc2ccc3c(c2F)B(O)OC3)[C@@]2(C)[C@@H]3C(=O)CC[C@@]3(CC[C@@H]2C)[C@@H](C)[C@@H]1O. The number of Topliss-reactive ketones (excluding diaryl/α,β-unsaturated/α-hetero) is 1. The summed E-state index contributed by atoms with van der Waals surface area (Å²) in [6, 6.07) is 2.98. The standard InChI is InChI=1S/C29H39BFNO8/c1-16-8-10-29-11-9-19(33)25(29)28(16,4)21(12-27(3,15-32-37-5)26(35)17(29)2)40-22(34)14-38-20-7-6-18-13-39-30(36)23(18)24(20)31/h6-7,15-17,21,25-26,35-36H,8-14H2,1-5H3/t16-,17-,21+,25-,26-,27-,28-,29-/m0/s1. The number of aliphatic hydroxyl groups excluding tert-OH is 1. The number of carbonyl (C=O) groups is 2. The molecule has 0 radical (unpaired) electrons. The van der Waals surface area contributed by atoms with Gasteiger partial charge >= 0.3 is 13.1 Å². The summed E-state index contributed by atoms with van der Waals surface area (Å²) in [7, 11) is 0.0386. The van der Waals surface area contributed by atoms with E-state index in [9.17, 15) is 24.1 Å². The molecule has 0 aromatic heterocycles. The Hall–Kier alpha value is -2.50. The molecule has 0 spiro atoms. The van der Waals surface area contributed by atoms with Gasteiger partial charge in [-0.25, -0.2) is 9.18 Å². The number of esters is 1. The van der Waals surface area contributed by atoms with Crippen LogP contribution in [-0.2, 0) is 30.4 Å². The molecule has 1 aromatic rings. The Balaban J connectivity index is 1.46. The number of benzene rings is 1. The zero-order valence-corrected chi connectivity index (χ0v) is 23.8. The second kappa shape index (κ2) is 10.4. The highest BCUT2D eigenvalue weighted by molar-refractivity contribution is 6.61. The lowest BCUT2D eigenvalue weighted by atomic mass is 9.44. The Morgan fingerprint density at radius 2 is 2.05 bits per heavy atom. The Morgan fingerprint density at radius 3 is 2.77 bits per heavy atom. The molecule has 2 bridgehead atoms. The molecular formula is C29H39BFNO8. The number of hydrogen-bond donors (Lipinski definition) is 2. The topological polar surface area (TPSA) is 124 Å². The summed E-state index contributed by atoms with van der Waals surface area (Å²) >= 11 is 0. The molecule has 9 nitrogen and oxygen atoms in total. The van der Waals surface area contributed by atoms with E-state index in [1.807, 2.05) is 20.8 Å². The van der Waals surface area contributed by atoms with Crippen molar-refractivity contribution in [3.8, 4) is 5.75 Å². The maximum absolute atomic E-state index is 15.0. The molecule has 8 atom stereocenters. The normalized spacial score (nSPS) is 39.0. The number of halogens is 1. The van der Waals surface area contributed by atoms with E-state index in [1.54, 1.807) is 12.3 Å². The molecule has 11 heteroatoms. The number of oxime groups is 1. The largest absolute Gasteiger partial charge is 0.494 e. The summed E-state index contributed by atoms with van der Waals surface area (Å²) in [5.74, 6) is -2.03. The second-order valence-electron chi connectivity index (χ2n) is 12.7. The number of hydrogen-bond acceptors (Lipinski definition) is 9. The second-order valence-corrected chi connectivity index (χ2v) is 12.7. The van der Waals surface area contributed by atoms with Gasteiger partial charge in [-0.2, -0.15) is 0 Å². The van der Waals surface area contributed by atoms with E-state index in [1.165, 1.54) is 13.2 Å². The molecule has 5 rings (SSSR count). The summed E-state index contributed by atoms with van der Waals surface area (Å²) in [4.78, 5) is 31.8. The van der Waals surface area contributed by atoms with Crippen molar-refractivity contribution in [2.75, 3.05) is 13.7 Å². The van der Waals surface area contributed by atoms with Gasteiger partial charge < -0.3 is 29.1 Å². The van der Waals surface area contributed by atoms with E-state index < -0.39 is 54.0 Å². The highest BCUT2D eigenvalue weighted by Crippen LogP contribution is 2.67. The van der Waals surface area contributed by atoms with Crippen LogP contribution in [0.15, 0.2) is 17.3 Å². The fourth-order valence-corrected chi connectivity index (χ4v) is 8.30. The Bertz CT molecular complexity index is 1210. The van der Waals surface area contributed by atoms with Gasteiger partial charge in [-0.15, -0.1) is 0 Å². The highest BCUT2D eigenvalue weighted by Gasteiger charge is 2.68. The molecule has 1 aromatic carbocycles. The lowest BCUT2D eigenvalue weighted by Gasteiger charge is -2.61. The van der Waals surface area contributed by atoms with Crippen LogP contribution in [0.25, 0.3) is 0 Å². The van der Waals surface area contributed by atoms with Gasteiger partial charge in [-0.3, -0.25) is 4.79 Å². The summed E-state index contributed by atoms with van der Waals surface area (Å²) in [6.07, 6.45) is 2.97. The number of rotatable bonds is 6. The number of ketones is 1. The van der Waals surface area contributed by atoms with Crippen LogP contribution in [0.5, 0.6) is 5.75 Å². The van der Waals surface area contributed by atoms with Crippen LogP contribution in [0.4, 0.5) is 4.39 Å². The molecule has 3 saturated carbocycles. The van der Waals surface area contributed by atoms with E-state index in [0.29, 0.717) is 18.4 Å². The van der Waals surface area contributed by atoms with Gasteiger partial charge in [0, 0.05) is 28.6 Å². The molecule has 0 amide bonds. The van der Waals surface area contributed by atoms with Crippen molar-refractivity contribution in [2.45, 2.75) is 78.6 Å². The summed E-state index contributed by atoms with van der Waals surface area (Å²) in [6.45, 7) is 7.56. The van der Waals surface area contributed by atoms with Crippen molar-refractivity contribution in [1.82, 2.24) is 0 Å². The average Bonchev–Trinajstić information content (AvgIpc) is 3.48. The van der Waals surface area contributed by atoms with Crippen molar-refractivity contribution >= 4 is 30.5 Å². The molecular weight excluding hydrogens is 520 g/mol. The van der Waals surface area contributed by atoms with Gasteiger partial charge in [0.1, 0.15) is 19.0 Å². The van der Waals surface area contributed by atoms with Gasteiger partial charge in [0.25, 0.3) is 0 Å². The summed E-state index contributed by atoms with van der Waals surface area (Å²) in [5.41, 5.74) is -1.51. The lowest BCUT2D eigenvalue weighted by molar-refractivity contribution is -0.205. The van der Waals surface area contributed by atoms with E-state index in [-0.39, 0.29) is 47.8 Å². The maximum atomic E-state index is 15.0. The zero-order chi connectivity index (χ0) is 29.0. The minimum absolute atomic E-state index is 0.00168. The minimum atomic E-state index is -1.39. The first kappa shape index (κ1) is 29.0. The highest BCUT2D eigenvalue weighted by atomic mass is 19.1. The van der Waals surface area contributed by atoms with Gasteiger partial charge in [-0.05, 0) is 54.6 Å². The van der Waals surface area contributed by atoms with Crippen molar-refractivity contribution in [1.29, 1.82) is 0 Å². The van der Waals surface area contributed by atoms with Crippen molar-refractivity contribution < 1.29 is 43.1 Å². The van der Waals surface area contributed by atoms with Gasteiger partial charge in [0.15, 0.2) is 18.2 Å². The van der Waals surface area contributed by atoms with Crippen molar-refractivity contribution in [3.63, 3.8) is 0 Å². The predicted molar refractivity (Wildman–Crippen MR) is 144 cm³/mol. The monoisotopic (exact) mass is 559 g/mol. The van der Waals surface area contributed by atoms with E-state index in [2.05, 4.69) is 12.1 Å². The van der Waals surface area contributed by atoms with Gasteiger partial charge in [-0.1, -0.05) is 38.9 Å². The molecule has 0 saturated heterocycles. The quantitative estimate of drug-likeness (QED) is 0.236. The molecule has 3 fully saturated rings. The van der Waals surface area contributed by atoms with Crippen LogP contribution >= 0.6 is 0 Å². The van der Waals surface area contributed by atoms with Crippen LogP contribution in [0, 0.1) is 39.8 Å². The molecule has 0 unspecified atom stereocenters. The predicted octanol–water partition coefficient (Wildman–Crippen LogP) is 2.77. The summed E-state index contributed by atoms with van der Waals surface area (Å²) < 4.78 is 31.7. The van der Waals surface area contributed by atoms with Gasteiger partial charge in [0.05, 0.1) is 18.9 Å². The smallest absolute Gasteiger partial charge is 0.479 e. The molecule has 1 aliphatic heterocycles. The molecule has 1 heterocycles. The van der Waals surface area contributed by atoms with Crippen LogP contribution in [0.2, 0.25) is 0 Å². The van der Waals surface area contributed by atoms with E-state index in [0.717, 1.165) is 12.8 Å². The number of ether oxygens (including phenoxy) is 2. The third-order valence-electron chi connectivity index (χ3n) is 10.8. The number of nitrogens with zero attached hydrogens (tertiary/aromatic N) is 1. The molecule has 4 aliphatic rings. The zero-order valence-electron chi connectivity index (χ0n) is 23.8. The molecule has 218 valence electrons. The number of fused-ring (bicyclic) bond motifs is 1. The van der Waals surface area contributed by atoms with Crippen molar-refractivity contribution in [3.05, 3.63) is 23.5 Å². The molecule has 3 aliphatic carbocycles. The molecule has 2 N–H and O–H groups in total. The summed E-state index contributed by atoms with van der Waals surface area (Å²) in [5, 5.41) is 25.7. The van der Waals surface area contributed by atoms with Crippen molar-refractivity contribution in [2.24, 2.45) is 39.2 Å². The first-order chi connectivity index (χ1) is 18.9. The first-order valence-corrected chi connectivity index (χ1v) is 14.1. The Kier molecular flexibility index (Phi) is 7.55. The number of aliphatic hydroxyl groups is 1. The third kappa shape index (κ3) is 4.36. The fourth-order valence-electron chi connectivity index (χ4n) is 8.30. The van der Waals surface area contributed by atoms with Crippen LogP contribution in [-0.4, -0.2) is 61.1 Å². The first-order valence-electron chi connectivity index (χ1n) is 14.1. The van der Waals surface area contributed by atoms with E-state index in [4.69, 9.17) is 19.0 Å². The van der Waals surface area contributed by atoms with Gasteiger partial charge in [0.2, 0.25) is 0 Å². The Morgan fingerprint density at radius 1 is 1.30 bits per heavy atom. The van der Waals surface area contributed by atoms with E-state index >= 15 is 0 Å². The average molecular weight is 559 g/mol. The third-order valence-corrected chi connectivity index (χ3v) is 10.8. The number of carbonyl (C=O) groups excluding carboxylic acids is 2. The fraction of sp³-hybridized carbons (Fsp3) is 0.690. The molecule has 40 heavy (non-hydrogen) atoms. The minimum Gasteiger partial charge on any atom is -0.479 e. The van der Waals surface area contributed by atoms with Crippen LogP contribution < -0.4 is 10.2 Å². The Labute approximate surface area is 234 Å².